The van der Waals surface area contributed by atoms with Crippen LogP contribution in [0.3, 0.4) is 0 Å². The van der Waals surface area contributed by atoms with Gasteiger partial charge in [-0.2, -0.15) is 0 Å². The molecule has 1 aliphatic rings. The van der Waals surface area contributed by atoms with Gasteiger partial charge in [-0.15, -0.1) is 35.3 Å². The van der Waals surface area contributed by atoms with Gasteiger partial charge in [-0.1, -0.05) is 18.5 Å². The first-order chi connectivity index (χ1) is 7.69. The molecule has 17 heavy (non-hydrogen) atoms. The van der Waals surface area contributed by atoms with Crippen LogP contribution in [0.2, 0.25) is 4.34 Å². The van der Waals surface area contributed by atoms with Crippen molar-refractivity contribution in [2.75, 3.05) is 7.05 Å². The molecule has 1 heterocycles. The Hall–Kier alpha value is -0.0100. The van der Waals surface area contributed by atoms with E-state index in [2.05, 4.69) is 22.5 Å². The van der Waals surface area contributed by atoms with E-state index < -0.39 is 0 Å². The van der Waals surface area contributed by atoms with Crippen LogP contribution in [-0.2, 0) is 6.54 Å². The van der Waals surface area contributed by atoms with Crippen molar-refractivity contribution in [3.05, 3.63) is 21.3 Å². The Balaban J connectivity index is 0.00000144. The third kappa shape index (κ3) is 4.63. The minimum Gasteiger partial charge on any atom is -0.353 e. The van der Waals surface area contributed by atoms with Gasteiger partial charge in [0.2, 0.25) is 0 Å². The molecule has 0 saturated heterocycles. The van der Waals surface area contributed by atoms with Gasteiger partial charge in [0.25, 0.3) is 0 Å². The fourth-order valence-electron chi connectivity index (χ4n) is 1.51. The number of hydrogen-bond acceptors (Lipinski definition) is 2. The van der Waals surface area contributed by atoms with Crippen LogP contribution in [0.4, 0.5) is 0 Å². The molecule has 1 aromatic heterocycles. The Morgan fingerprint density at radius 3 is 2.76 bits per heavy atom. The topological polar surface area (TPSA) is 36.4 Å². The summed E-state index contributed by atoms with van der Waals surface area (Å²) in [6.07, 6.45) is 1.24. The zero-order valence-corrected chi connectivity index (χ0v) is 13.8. The van der Waals surface area contributed by atoms with Crippen molar-refractivity contribution in [1.82, 2.24) is 10.6 Å². The maximum absolute atomic E-state index is 5.87. The van der Waals surface area contributed by atoms with E-state index in [4.69, 9.17) is 11.6 Å². The lowest BCUT2D eigenvalue weighted by Crippen LogP contribution is -2.38. The minimum absolute atomic E-state index is 0. The third-order valence-corrected chi connectivity index (χ3v) is 3.95. The molecule has 2 atom stereocenters. The van der Waals surface area contributed by atoms with Crippen molar-refractivity contribution >= 4 is 52.9 Å². The van der Waals surface area contributed by atoms with Gasteiger partial charge in [0.05, 0.1) is 10.9 Å². The van der Waals surface area contributed by atoms with Crippen molar-refractivity contribution in [2.45, 2.75) is 25.9 Å². The molecule has 2 N–H and O–H groups in total. The van der Waals surface area contributed by atoms with Gasteiger partial charge >= 0.3 is 0 Å². The minimum atomic E-state index is 0. The van der Waals surface area contributed by atoms with Gasteiger partial charge < -0.3 is 10.6 Å². The number of rotatable bonds is 3. The summed E-state index contributed by atoms with van der Waals surface area (Å²) in [6.45, 7) is 3.02. The highest BCUT2D eigenvalue weighted by Gasteiger charge is 2.33. The van der Waals surface area contributed by atoms with Gasteiger partial charge in [-0.3, -0.25) is 4.99 Å². The first-order valence-electron chi connectivity index (χ1n) is 5.40. The summed E-state index contributed by atoms with van der Waals surface area (Å²) in [5.74, 6) is 1.65. The van der Waals surface area contributed by atoms with Crippen LogP contribution in [0.15, 0.2) is 17.1 Å². The molecule has 0 radical (unpaired) electrons. The van der Waals surface area contributed by atoms with E-state index in [0.717, 1.165) is 22.8 Å². The standard InChI is InChI=1S/C11H16ClN3S.HI/c1-7-5-9(7)15-11(13-2)14-6-8-3-4-10(12)16-8;/h3-4,7,9H,5-6H2,1-2H3,(H2,13,14,15);1H. The molecule has 6 heteroatoms. The summed E-state index contributed by atoms with van der Waals surface area (Å²) in [5, 5.41) is 6.66. The average Bonchev–Trinajstić information content (AvgIpc) is 2.78. The Kier molecular flexibility index (Phi) is 6.02. The average molecular weight is 386 g/mol. The van der Waals surface area contributed by atoms with E-state index in [1.54, 1.807) is 18.4 Å². The summed E-state index contributed by atoms with van der Waals surface area (Å²) in [4.78, 5) is 5.41. The Morgan fingerprint density at radius 2 is 2.29 bits per heavy atom. The van der Waals surface area contributed by atoms with Crippen LogP contribution in [0.5, 0.6) is 0 Å². The molecule has 2 rings (SSSR count). The molecule has 0 aromatic carbocycles. The normalized spacial score (nSPS) is 22.9. The summed E-state index contributed by atoms with van der Waals surface area (Å²) < 4.78 is 0.829. The van der Waals surface area contributed by atoms with Gasteiger partial charge in [0.15, 0.2) is 5.96 Å². The predicted molar refractivity (Wildman–Crippen MR) is 85.6 cm³/mol. The van der Waals surface area contributed by atoms with E-state index >= 15 is 0 Å². The summed E-state index contributed by atoms with van der Waals surface area (Å²) in [7, 11) is 1.80. The maximum atomic E-state index is 5.87. The molecule has 2 unspecified atom stereocenters. The molecule has 96 valence electrons. The van der Waals surface area contributed by atoms with Crippen LogP contribution in [0, 0.1) is 5.92 Å². The first-order valence-corrected chi connectivity index (χ1v) is 6.60. The predicted octanol–water partition coefficient (Wildman–Crippen LogP) is 3.09. The number of halogens is 2. The molecule has 1 aliphatic carbocycles. The van der Waals surface area contributed by atoms with E-state index in [1.807, 2.05) is 12.1 Å². The summed E-state index contributed by atoms with van der Waals surface area (Å²) in [5.41, 5.74) is 0. The second-order valence-electron chi connectivity index (χ2n) is 4.10. The SMILES string of the molecule is CN=C(NCc1ccc(Cl)s1)NC1CC1C.I. The molecule has 0 aliphatic heterocycles. The highest BCUT2D eigenvalue weighted by molar-refractivity contribution is 14.0. The zero-order chi connectivity index (χ0) is 11.5. The fraction of sp³-hybridized carbons (Fsp3) is 0.545. The van der Waals surface area contributed by atoms with Gasteiger partial charge in [-0.25, -0.2) is 0 Å². The molecular formula is C11H17ClIN3S. The van der Waals surface area contributed by atoms with E-state index in [9.17, 15) is 0 Å². The molecular weight excluding hydrogens is 369 g/mol. The van der Waals surface area contributed by atoms with Crippen LogP contribution in [-0.4, -0.2) is 19.0 Å². The number of nitrogens with one attached hydrogen (secondary N) is 2. The molecule has 1 aromatic rings. The smallest absolute Gasteiger partial charge is 0.191 e. The van der Waals surface area contributed by atoms with E-state index in [0.29, 0.717) is 6.04 Å². The second kappa shape index (κ2) is 6.80. The third-order valence-electron chi connectivity index (χ3n) is 2.71. The number of nitrogens with zero attached hydrogens (tertiary/aromatic N) is 1. The van der Waals surface area contributed by atoms with Crippen LogP contribution < -0.4 is 10.6 Å². The van der Waals surface area contributed by atoms with E-state index in [1.165, 1.54) is 11.3 Å². The van der Waals surface area contributed by atoms with E-state index in [-0.39, 0.29) is 24.0 Å². The number of aliphatic imine (C=N–C) groups is 1. The van der Waals surface area contributed by atoms with Gasteiger partial charge in [0, 0.05) is 18.0 Å². The monoisotopic (exact) mass is 385 g/mol. The number of thiophene rings is 1. The maximum Gasteiger partial charge on any atom is 0.191 e. The van der Waals surface area contributed by atoms with Crippen molar-refractivity contribution in [2.24, 2.45) is 10.9 Å². The lowest BCUT2D eigenvalue weighted by molar-refractivity contribution is 0.766. The summed E-state index contributed by atoms with van der Waals surface area (Å²) in [6, 6.07) is 4.55. The van der Waals surface area contributed by atoms with Crippen molar-refractivity contribution < 1.29 is 0 Å². The largest absolute Gasteiger partial charge is 0.353 e. The zero-order valence-electron chi connectivity index (χ0n) is 9.87. The highest BCUT2D eigenvalue weighted by atomic mass is 127. The summed E-state index contributed by atoms with van der Waals surface area (Å²) >= 11 is 7.46. The van der Waals surface area contributed by atoms with Crippen molar-refractivity contribution in [3.63, 3.8) is 0 Å². The quantitative estimate of drug-likeness (QED) is 0.476. The lowest BCUT2D eigenvalue weighted by Gasteiger charge is -2.10. The molecule has 1 fully saturated rings. The molecule has 0 amide bonds. The van der Waals surface area contributed by atoms with Crippen molar-refractivity contribution in [1.29, 1.82) is 0 Å². The fourth-order valence-corrected chi connectivity index (χ4v) is 2.54. The molecule has 0 bridgehead atoms. The number of guanidine groups is 1. The lowest BCUT2D eigenvalue weighted by atomic mass is 10.4. The van der Waals surface area contributed by atoms with Crippen LogP contribution in [0.1, 0.15) is 18.2 Å². The molecule has 1 saturated carbocycles. The highest BCUT2D eigenvalue weighted by Crippen LogP contribution is 2.28. The second-order valence-corrected chi connectivity index (χ2v) is 5.90. The molecule has 3 nitrogen and oxygen atoms in total. The van der Waals surface area contributed by atoms with Gasteiger partial charge in [-0.05, 0) is 24.5 Å². The Morgan fingerprint density at radius 1 is 1.59 bits per heavy atom. The van der Waals surface area contributed by atoms with Crippen LogP contribution in [0.25, 0.3) is 0 Å². The Labute approximate surface area is 128 Å². The molecule has 0 spiro atoms. The first kappa shape index (κ1) is 15.0. The number of hydrogen-bond donors (Lipinski definition) is 2. The van der Waals surface area contributed by atoms with Gasteiger partial charge in [0.1, 0.15) is 0 Å². The Bertz CT molecular complexity index is 394. The van der Waals surface area contributed by atoms with Crippen molar-refractivity contribution in [3.8, 4) is 0 Å². The van der Waals surface area contributed by atoms with Crippen LogP contribution >= 0.6 is 46.9 Å².